The van der Waals surface area contributed by atoms with E-state index in [0.29, 0.717) is 25.9 Å². The number of ether oxygens (including phenoxy) is 1. The Hall–Kier alpha value is -0.820. The van der Waals surface area contributed by atoms with Crippen molar-refractivity contribution >= 4 is 5.91 Å². The van der Waals surface area contributed by atoms with Crippen LogP contribution in [0.15, 0.2) is 0 Å². The normalized spacial score (nSPS) is 19.9. The van der Waals surface area contributed by atoms with Gasteiger partial charge in [0.2, 0.25) is 5.91 Å². The monoisotopic (exact) mass is 269 g/mol. The fourth-order valence-corrected chi connectivity index (χ4v) is 1.74. The Morgan fingerprint density at radius 1 is 1.39 bits per heavy atom. The lowest BCUT2D eigenvalue weighted by Gasteiger charge is -2.35. The molecule has 1 saturated heterocycles. The van der Waals surface area contributed by atoms with Crippen LogP contribution in [-0.2, 0) is 9.53 Å². The maximum absolute atomic E-state index is 11.8. The predicted molar refractivity (Wildman–Crippen MR) is 57.9 cm³/mol. The standard InChI is InChI=1S/C11H18F3NO3/c1-10(17)3-5-15(6-4-10)9(16)2-7-18-8-11(12,13)14/h17H,2-8H2,1H3. The number of amides is 1. The smallest absolute Gasteiger partial charge is 0.390 e. The van der Waals surface area contributed by atoms with Gasteiger partial charge in [0.1, 0.15) is 6.61 Å². The predicted octanol–water partition coefficient (Wildman–Crippen LogP) is 1.33. The van der Waals surface area contributed by atoms with E-state index in [1.165, 1.54) is 0 Å². The summed E-state index contributed by atoms with van der Waals surface area (Å²) in [5.41, 5.74) is -0.746. The third kappa shape index (κ3) is 5.68. The molecule has 0 atom stereocenters. The first kappa shape index (κ1) is 15.2. The van der Waals surface area contributed by atoms with Gasteiger partial charge >= 0.3 is 6.18 Å². The Labute approximate surface area is 104 Å². The minimum Gasteiger partial charge on any atom is -0.390 e. The maximum Gasteiger partial charge on any atom is 0.411 e. The molecule has 7 heteroatoms. The van der Waals surface area contributed by atoms with Crippen LogP contribution in [0.25, 0.3) is 0 Å². The molecule has 0 aromatic carbocycles. The largest absolute Gasteiger partial charge is 0.411 e. The van der Waals surface area contributed by atoms with Crippen LogP contribution in [0.1, 0.15) is 26.2 Å². The minimum absolute atomic E-state index is 0.0573. The van der Waals surface area contributed by atoms with Gasteiger partial charge in [-0.2, -0.15) is 13.2 Å². The summed E-state index contributed by atoms with van der Waals surface area (Å²) < 4.78 is 39.7. The number of hydrogen-bond acceptors (Lipinski definition) is 3. The number of alkyl halides is 3. The molecule has 0 aliphatic carbocycles. The molecular weight excluding hydrogens is 251 g/mol. The number of rotatable bonds is 4. The van der Waals surface area contributed by atoms with Gasteiger partial charge in [-0.3, -0.25) is 4.79 Å². The van der Waals surface area contributed by atoms with Gasteiger partial charge in [-0.05, 0) is 19.8 Å². The van der Waals surface area contributed by atoms with Gasteiger partial charge in [-0.15, -0.1) is 0 Å². The van der Waals surface area contributed by atoms with Gasteiger partial charge in [0, 0.05) is 13.1 Å². The summed E-state index contributed by atoms with van der Waals surface area (Å²) in [7, 11) is 0. The van der Waals surface area contributed by atoms with Crippen molar-refractivity contribution in [2.75, 3.05) is 26.3 Å². The zero-order chi connectivity index (χ0) is 13.8. The van der Waals surface area contributed by atoms with Gasteiger partial charge in [-0.25, -0.2) is 0 Å². The lowest BCUT2D eigenvalue weighted by atomic mass is 9.94. The van der Waals surface area contributed by atoms with Gasteiger partial charge < -0.3 is 14.7 Å². The molecule has 1 rings (SSSR count). The third-order valence-electron chi connectivity index (χ3n) is 2.92. The summed E-state index contributed by atoms with van der Waals surface area (Å²) in [6.45, 7) is 1.03. The molecule has 1 N–H and O–H groups in total. The van der Waals surface area contributed by atoms with Gasteiger partial charge in [-0.1, -0.05) is 0 Å². The van der Waals surface area contributed by atoms with Crippen molar-refractivity contribution < 1.29 is 27.8 Å². The highest BCUT2D eigenvalue weighted by atomic mass is 19.4. The number of carbonyl (C=O) groups excluding carboxylic acids is 1. The Bertz CT molecular complexity index is 282. The molecule has 1 aliphatic heterocycles. The summed E-state index contributed by atoms with van der Waals surface area (Å²) >= 11 is 0. The van der Waals surface area contributed by atoms with Crippen LogP contribution in [0.3, 0.4) is 0 Å². The quantitative estimate of drug-likeness (QED) is 0.783. The molecule has 0 bridgehead atoms. The van der Waals surface area contributed by atoms with Crippen molar-refractivity contribution in [1.82, 2.24) is 4.90 Å². The lowest BCUT2D eigenvalue weighted by molar-refractivity contribution is -0.175. The van der Waals surface area contributed by atoms with E-state index in [4.69, 9.17) is 0 Å². The molecule has 0 aromatic rings. The second kappa shape index (κ2) is 5.88. The molecule has 0 unspecified atom stereocenters. The molecule has 1 aliphatic rings. The van der Waals surface area contributed by atoms with Crippen molar-refractivity contribution in [2.24, 2.45) is 0 Å². The van der Waals surface area contributed by atoms with Crippen LogP contribution in [0.2, 0.25) is 0 Å². The van der Waals surface area contributed by atoms with E-state index in [1.54, 1.807) is 11.8 Å². The van der Waals surface area contributed by atoms with Crippen molar-refractivity contribution in [1.29, 1.82) is 0 Å². The summed E-state index contributed by atoms with van der Waals surface area (Å²) in [6.07, 6.45) is -3.44. The van der Waals surface area contributed by atoms with E-state index in [2.05, 4.69) is 4.74 Å². The second-order valence-electron chi connectivity index (χ2n) is 4.80. The van der Waals surface area contributed by atoms with E-state index < -0.39 is 18.4 Å². The van der Waals surface area contributed by atoms with Crippen LogP contribution >= 0.6 is 0 Å². The summed E-state index contributed by atoms with van der Waals surface area (Å²) in [5, 5.41) is 9.69. The first-order valence-electron chi connectivity index (χ1n) is 5.84. The highest BCUT2D eigenvalue weighted by Crippen LogP contribution is 2.21. The highest BCUT2D eigenvalue weighted by Gasteiger charge is 2.30. The van der Waals surface area contributed by atoms with Gasteiger partial charge in [0.15, 0.2) is 0 Å². The van der Waals surface area contributed by atoms with Gasteiger partial charge in [0.25, 0.3) is 0 Å². The average Bonchev–Trinajstić information content (AvgIpc) is 2.22. The zero-order valence-corrected chi connectivity index (χ0v) is 10.3. The second-order valence-corrected chi connectivity index (χ2v) is 4.80. The summed E-state index contributed by atoms with van der Waals surface area (Å²) in [5.74, 6) is -0.229. The van der Waals surface area contributed by atoms with E-state index in [-0.39, 0.29) is 18.9 Å². The van der Waals surface area contributed by atoms with Crippen molar-refractivity contribution in [3.8, 4) is 0 Å². The number of piperidine rings is 1. The number of hydrogen-bond donors (Lipinski definition) is 1. The fraction of sp³-hybridized carbons (Fsp3) is 0.909. The molecule has 0 aromatic heterocycles. The summed E-state index contributed by atoms with van der Waals surface area (Å²) in [6, 6.07) is 0. The molecule has 0 radical (unpaired) electrons. The van der Waals surface area contributed by atoms with Crippen LogP contribution in [0.5, 0.6) is 0 Å². The highest BCUT2D eigenvalue weighted by molar-refractivity contribution is 5.76. The number of likely N-dealkylation sites (tertiary alicyclic amines) is 1. The Balaban J connectivity index is 2.18. The number of halogens is 3. The van der Waals surface area contributed by atoms with E-state index >= 15 is 0 Å². The van der Waals surface area contributed by atoms with Crippen LogP contribution in [0, 0.1) is 0 Å². The Morgan fingerprint density at radius 2 is 1.94 bits per heavy atom. The van der Waals surface area contributed by atoms with Crippen molar-refractivity contribution in [3.63, 3.8) is 0 Å². The molecule has 1 amide bonds. The number of aliphatic hydroxyl groups is 1. The third-order valence-corrected chi connectivity index (χ3v) is 2.92. The van der Waals surface area contributed by atoms with Crippen LogP contribution in [0.4, 0.5) is 13.2 Å². The lowest BCUT2D eigenvalue weighted by Crippen LogP contribution is -2.45. The van der Waals surface area contributed by atoms with E-state index in [1.807, 2.05) is 0 Å². The number of nitrogens with zero attached hydrogens (tertiary/aromatic N) is 1. The number of carbonyl (C=O) groups is 1. The Morgan fingerprint density at radius 3 is 2.44 bits per heavy atom. The van der Waals surface area contributed by atoms with E-state index in [9.17, 15) is 23.1 Å². The molecule has 1 fully saturated rings. The maximum atomic E-state index is 11.8. The molecule has 0 saturated carbocycles. The van der Waals surface area contributed by atoms with Crippen LogP contribution < -0.4 is 0 Å². The molecule has 18 heavy (non-hydrogen) atoms. The van der Waals surface area contributed by atoms with Crippen LogP contribution in [-0.4, -0.2) is 54.0 Å². The Kier molecular flexibility index (Phi) is 4.98. The molecular formula is C11H18F3NO3. The zero-order valence-electron chi connectivity index (χ0n) is 10.3. The fourth-order valence-electron chi connectivity index (χ4n) is 1.74. The summed E-state index contributed by atoms with van der Waals surface area (Å²) in [4.78, 5) is 13.2. The molecule has 106 valence electrons. The first-order chi connectivity index (χ1) is 8.20. The molecule has 4 nitrogen and oxygen atoms in total. The topological polar surface area (TPSA) is 49.8 Å². The first-order valence-corrected chi connectivity index (χ1v) is 5.84. The van der Waals surface area contributed by atoms with Crippen molar-refractivity contribution in [2.45, 2.75) is 38.0 Å². The average molecular weight is 269 g/mol. The molecule has 1 heterocycles. The minimum atomic E-state index is -4.35. The SMILES string of the molecule is CC1(O)CCN(C(=O)CCOCC(F)(F)F)CC1. The van der Waals surface area contributed by atoms with E-state index in [0.717, 1.165) is 0 Å². The van der Waals surface area contributed by atoms with Crippen molar-refractivity contribution in [3.05, 3.63) is 0 Å². The molecule has 0 spiro atoms. The van der Waals surface area contributed by atoms with Gasteiger partial charge in [0.05, 0.1) is 18.6 Å².